The van der Waals surface area contributed by atoms with Gasteiger partial charge in [-0.05, 0) is 44.6 Å². The number of hydrogen-bond donors (Lipinski definition) is 3. The first kappa shape index (κ1) is 22.4. The fourth-order valence-electron chi connectivity index (χ4n) is 3.25. The van der Waals surface area contributed by atoms with Gasteiger partial charge in [-0.25, -0.2) is 4.79 Å². The van der Waals surface area contributed by atoms with Crippen molar-refractivity contribution >= 4 is 17.7 Å². The first-order valence-electron chi connectivity index (χ1n) is 9.62. The van der Waals surface area contributed by atoms with Crippen LogP contribution in [0.4, 0.5) is 0 Å². The topological polar surface area (TPSA) is 105 Å². The van der Waals surface area contributed by atoms with Gasteiger partial charge in [0.15, 0.2) is 0 Å². The van der Waals surface area contributed by atoms with Crippen LogP contribution in [0.2, 0.25) is 0 Å². The molecule has 0 aromatic rings. The largest absolute Gasteiger partial charge is 0.478 e. The number of carbonyl (C=O) groups is 2. The van der Waals surface area contributed by atoms with Crippen LogP contribution in [0.5, 0.6) is 0 Å². The molecule has 1 amide bonds. The summed E-state index contributed by atoms with van der Waals surface area (Å²) in [4.78, 5) is 28.4. The van der Waals surface area contributed by atoms with Gasteiger partial charge in [0, 0.05) is 11.1 Å². The first-order valence-corrected chi connectivity index (χ1v) is 9.62. The second-order valence-electron chi connectivity index (χ2n) is 8.14. The summed E-state index contributed by atoms with van der Waals surface area (Å²) >= 11 is 0. The van der Waals surface area contributed by atoms with E-state index in [4.69, 9.17) is 5.73 Å². The molecule has 1 atom stereocenters. The lowest BCUT2D eigenvalue weighted by Crippen LogP contribution is -2.41. The molecule has 0 radical (unpaired) electrons. The van der Waals surface area contributed by atoms with E-state index in [-0.39, 0.29) is 17.7 Å². The van der Waals surface area contributed by atoms with E-state index in [1.807, 2.05) is 34.6 Å². The zero-order valence-corrected chi connectivity index (χ0v) is 17.1. The molecule has 6 nitrogen and oxygen atoms in total. The standard InChI is InChI=1S/C17H26N2O3.C3H9N/c1-10(2)17(4)16(22)18-14(19-17)13(11(3)15(20)21)12-8-6-5-7-9-12;1-3(2)4/h10,12H,5-9H2,1-4H3,(H,20,21)(H,18,19,22);3H,4H2,1-2H3. The molecule has 1 unspecified atom stereocenters. The number of nitrogens with one attached hydrogen (secondary N) is 1. The zero-order valence-electron chi connectivity index (χ0n) is 17.1. The normalized spacial score (nSPS) is 24.7. The molecule has 148 valence electrons. The number of amides is 1. The van der Waals surface area contributed by atoms with Crippen molar-refractivity contribution in [1.29, 1.82) is 0 Å². The third kappa shape index (κ3) is 5.40. The van der Waals surface area contributed by atoms with Gasteiger partial charge in [-0.2, -0.15) is 0 Å². The summed E-state index contributed by atoms with van der Waals surface area (Å²) in [7, 11) is 0. The van der Waals surface area contributed by atoms with E-state index in [1.165, 1.54) is 6.42 Å². The Morgan fingerprint density at radius 1 is 1.23 bits per heavy atom. The van der Waals surface area contributed by atoms with Crippen LogP contribution in [0.1, 0.15) is 73.6 Å². The van der Waals surface area contributed by atoms with Crippen LogP contribution in [0.25, 0.3) is 0 Å². The number of hydrogen-bond acceptors (Lipinski definition) is 4. The third-order valence-corrected chi connectivity index (χ3v) is 5.15. The van der Waals surface area contributed by atoms with Crippen LogP contribution < -0.4 is 11.1 Å². The monoisotopic (exact) mass is 365 g/mol. The number of carboxylic acids is 1. The summed E-state index contributed by atoms with van der Waals surface area (Å²) in [6.07, 6.45) is 5.33. The quantitative estimate of drug-likeness (QED) is 0.665. The van der Waals surface area contributed by atoms with Crippen molar-refractivity contribution in [2.75, 3.05) is 0 Å². The molecular formula is C20H35N3O3. The summed E-state index contributed by atoms with van der Waals surface area (Å²) in [6.45, 7) is 11.2. The minimum absolute atomic E-state index is 0.0581. The van der Waals surface area contributed by atoms with Crippen molar-refractivity contribution in [2.45, 2.75) is 85.2 Å². The highest BCUT2D eigenvalue weighted by Crippen LogP contribution is 2.35. The Bertz CT molecular complexity index is 584. The molecule has 26 heavy (non-hydrogen) atoms. The lowest BCUT2D eigenvalue weighted by molar-refractivity contribution is -0.132. The molecule has 2 aliphatic rings. The lowest BCUT2D eigenvalue weighted by Gasteiger charge is -2.25. The smallest absolute Gasteiger partial charge is 0.331 e. The molecule has 1 heterocycles. The minimum atomic E-state index is -0.935. The van der Waals surface area contributed by atoms with Crippen molar-refractivity contribution in [3.8, 4) is 0 Å². The maximum atomic E-state index is 12.3. The van der Waals surface area contributed by atoms with E-state index in [0.717, 1.165) is 31.3 Å². The van der Waals surface area contributed by atoms with Gasteiger partial charge in [0.1, 0.15) is 11.4 Å². The average molecular weight is 366 g/mol. The first-order chi connectivity index (χ1) is 12.0. The average Bonchev–Trinajstić information content (AvgIpc) is 2.84. The highest BCUT2D eigenvalue weighted by molar-refractivity contribution is 6.17. The Balaban J connectivity index is 0.000000765. The molecule has 4 N–H and O–H groups in total. The lowest BCUT2D eigenvalue weighted by atomic mass is 9.81. The SMILES string of the molecule is CC(C(=O)O)=C(C1=NC(C)(C(C)C)C(=O)N1)C1CCCCC1.CC(C)N. The number of nitrogens with zero attached hydrogens (tertiary/aromatic N) is 1. The van der Waals surface area contributed by atoms with Crippen molar-refractivity contribution in [2.24, 2.45) is 22.6 Å². The van der Waals surface area contributed by atoms with Crippen molar-refractivity contribution in [3.63, 3.8) is 0 Å². The second kappa shape index (κ2) is 9.31. The van der Waals surface area contributed by atoms with Gasteiger partial charge in [0.05, 0.1) is 0 Å². The molecule has 0 saturated heterocycles. The number of carboxylic acid groups (broad SMARTS) is 1. The van der Waals surface area contributed by atoms with Crippen molar-refractivity contribution in [3.05, 3.63) is 11.1 Å². The highest BCUT2D eigenvalue weighted by atomic mass is 16.4. The number of aliphatic imine (C=N–C) groups is 1. The van der Waals surface area contributed by atoms with Crippen molar-refractivity contribution < 1.29 is 14.7 Å². The van der Waals surface area contributed by atoms with E-state index in [9.17, 15) is 14.7 Å². The minimum Gasteiger partial charge on any atom is -0.478 e. The summed E-state index contributed by atoms with van der Waals surface area (Å²) < 4.78 is 0. The Kier molecular flexibility index (Phi) is 8.00. The predicted octanol–water partition coefficient (Wildman–Crippen LogP) is 3.26. The predicted molar refractivity (Wildman–Crippen MR) is 105 cm³/mol. The second-order valence-corrected chi connectivity index (χ2v) is 8.14. The molecule has 6 heteroatoms. The highest BCUT2D eigenvalue weighted by Gasteiger charge is 2.43. The number of nitrogens with two attached hydrogens (primary N) is 1. The Morgan fingerprint density at radius 2 is 1.73 bits per heavy atom. The summed E-state index contributed by atoms with van der Waals surface area (Å²) in [5.41, 5.74) is 5.33. The molecular weight excluding hydrogens is 330 g/mol. The van der Waals surface area contributed by atoms with Gasteiger partial charge in [0.2, 0.25) is 0 Å². The zero-order chi connectivity index (χ0) is 20.1. The number of aliphatic carboxylic acids is 1. The number of carbonyl (C=O) groups excluding carboxylic acids is 1. The van der Waals surface area contributed by atoms with Crippen LogP contribution >= 0.6 is 0 Å². The van der Waals surface area contributed by atoms with Crippen LogP contribution in [0, 0.1) is 11.8 Å². The van der Waals surface area contributed by atoms with E-state index in [1.54, 1.807) is 6.92 Å². The van der Waals surface area contributed by atoms with E-state index >= 15 is 0 Å². The van der Waals surface area contributed by atoms with E-state index in [2.05, 4.69) is 10.3 Å². The van der Waals surface area contributed by atoms with Gasteiger partial charge in [0.25, 0.3) is 5.91 Å². The number of rotatable bonds is 4. The molecule has 0 aromatic carbocycles. The molecule has 0 bridgehead atoms. The van der Waals surface area contributed by atoms with Crippen molar-refractivity contribution in [1.82, 2.24) is 5.32 Å². The molecule has 1 aliphatic heterocycles. The Hall–Kier alpha value is -1.69. The summed E-state index contributed by atoms with van der Waals surface area (Å²) in [6, 6.07) is 0.333. The molecule has 0 spiro atoms. The van der Waals surface area contributed by atoms with Crippen LogP contribution in [0.15, 0.2) is 16.1 Å². The van der Waals surface area contributed by atoms with Gasteiger partial charge < -0.3 is 16.2 Å². The fraction of sp³-hybridized carbons (Fsp3) is 0.750. The Labute approximate surface area is 157 Å². The molecule has 1 aliphatic carbocycles. The fourth-order valence-corrected chi connectivity index (χ4v) is 3.25. The Morgan fingerprint density at radius 3 is 2.12 bits per heavy atom. The molecule has 1 fully saturated rings. The molecule has 0 aromatic heterocycles. The maximum Gasteiger partial charge on any atom is 0.331 e. The van der Waals surface area contributed by atoms with Gasteiger partial charge in [-0.15, -0.1) is 0 Å². The third-order valence-electron chi connectivity index (χ3n) is 5.15. The number of amidine groups is 1. The van der Waals surface area contributed by atoms with Gasteiger partial charge >= 0.3 is 5.97 Å². The van der Waals surface area contributed by atoms with Crippen LogP contribution in [0.3, 0.4) is 0 Å². The molecule has 2 rings (SSSR count). The summed E-state index contributed by atoms with van der Waals surface area (Å²) in [5, 5.41) is 12.3. The van der Waals surface area contributed by atoms with Gasteiger partial charge in [-0.3, -0.25) is 9.79 Å². The van der Waals surface area contributed by atoms with E-state index in [0.29, 0.717) is 17.5 Å². The van der Waals surface area contributed by atoms with E-state index < -0.39 is 11.5 Å². The van der Waals surface area contributed by atoms with Gasteiger partial charge in [-0.1, -0.05) is 47.0 Å². The van der Waals surface area contributed by atoms with Crippen LogP contribution in [-0.4, -0.2) is 34.4 Å². The molecule has 1 saturated carbocycles. The maximum absolute atomic E-state index is 12.3. The van der Waals surface area contributed by atoms with Crippen LogP contribution in [-0.2, 0) is 9.59 Å². The summed E-state index contributed by atoms with van der Waals surface area (Å²) in [5.74, 6) is -0.353.